The van der Waals surface area contributed by atoms with E-state index < -0.39 is 23.8 Å². The van der Waals surface area contributed by atoms with Crippen LogP contribution in [0.2, 0.25) is 0 Å². The van der Waals surface area contributed by atoms with E-state index in [1.165, 1.54) is 36.4 Å². The first kappa shape index (κ1) is 16.7. The number of nitriles is 1. The monoisotopic (exact) mass is 338 g/mol. The van der Waals surface area contributed by atoms with Crippen LogP contribution in [0.1, 0.15) is 40.4 Å². The zero-order chi connectivity index (χ0) is 17.8. The quantitative estimate of drug-likeness (QED) is 0.850. The Balaban J connectivity index is 1.83. The first-order valence-corrected chi connectivity index (χ1v) is 7.84. The van der Waals surface area contributed by atoms with Gasteiger partial charge in [0.25, 0.3) is 5.91 Å². The van der Waals surface area contributed by atoms with Crippen molar-refractivity contribution >= 4 is 11.9 Å². The van der Waals surface area contributed by atoms with Crippen LogP contribution in [0.25, 0.3) is 0 Å². The first-order chi connectivity index (χ1) is 12.1. The van der Waals surface area contributed by atoms with Crippen LogP contribution < -0.4 is 5.32 Å². The Morgan fingerprint density at radius 3 is 2.56 bits per heavy atom. The lowest BCUT2D eigenvalue weighted by atomic mass is 10.1. The molecule has 2 aromatic rings. The summed E-state index contributed by atoms with van der Waals surface area (Å²) >= 11 is 0. The molecule has 1 atom stereocenters. The third-order valence-electron chi connectivity index (χ3n) is 3.79. The Morgan fingerprint density at radius 2 is 1.92 bits per heavy atom. The second-order valence-electron chi connectivity index (χ2n) is 5.81. The van der Waals surface area contributed by atoms with Crippen LogP contribution in [-0.2, 0) is 9.53 Å². The molecule has 25 heavy (non-hydrogen) atoms. The molecule has 1 saturated carbocycles. The van der Waals surface area contributed by atoms with Gasteiger partial charge in [0.15, 0.2) is 0 Å². The molecule has 0 spiro atoms. The van der Waals surface area contributed by atoms with Crippen LogP contribution in [0, 0.1) is 17.1 Å². The number of amides is 1. The van der Waals surface area contributed by atoms with Crippen molar-refractivity contribution in [2.75, 3.05) is 0 Å². The number of hydrogen-bond donors (Lipinski definition) is 1. The predicted octanol–water partition coefficient (Wildman–Crippen LogP) is 2.87. The predicted molar refractivity (Wildman–Crippen MR) is 86.9 cm³/mol. The largest absolute Gasteiger partial charge is 0.444 e. The maximum atomic E-state index is 13.1. The molecule has 0 bridgehead atoms. The van der Waals surface area contributed by atoms with E-state index in [2.05, 4.69) is 5.32 Å². The molecular formula is C19H15FN2O3. The van der Waals surface area contributed by atoms with Crippen LogP contribution >= 0.6 is 0 Å². The molecule has 1 unspecified atom stereocenters. The smallest absolute Gasteiger partial charge is 0.339 e. The summed E-state index contributed by atoms with van der Waals surface area (Å²) in [6.07, 6.45) is 0.597. The van der Waals surface area contributed by atoms with Crippen LogP contribution in [0.15, 0.2) is 48.5 Å². The molecule has 1 aliphatic rings. The number of esters is 1. The first-order valence-electron chi connectivity index (χ1n) is 7.84. The van der Waals surface area contributed by atoms with Crippen molar-refractivity contribution < 1.29 is 18.7 Å². The second-order valence-corrected chi connectivity index (χ2v) is 5.81. The van der Waals surface area contributed by atoms with E-state index in [1.54, 1.807) is 12.1 Å². The van der Waals surface area contributed by atoms with Crippen LogP contribution in [0.4, 0.5) is 4.39 Å². The molecule has 3 rings (SSSR count). The van der Waals surface area contributed by atoms with Crippen molar-refractivity contribution in [1.82, 2.24) is 5.32 Å². The van der Waals surface area contributed by atoms with Crippen molar-refractivity contribution in [2.24, 2.45) is 0 Å². The number of nitrogens with one attached hydrogen (secondary N) is 1. The fourth-order valence-corrected chi connectivity index (χ4v) is 2.31. The standard InChI is InChI=1S/C19H15FN2O3/c20-15-6-4-13(5-7-15)17(18(23)22-16-8-9-16)25-19(24)14-3-1-2-12(10-14)11-21/h1-7,10,16-17H,8-9H2,(H,22,23). The Hall–Kier alpha value is -3.20. The van der Waals surface area contributed by atoms with Crippen molar-refractivity contribution in [3.8, 4) is 6.07 Å². The van der Waals surface area contributed by atoms with Crippen LogP contribution in [0.3, 0.4) is 0 Å². The summed E-state index contributed by atoms with van der Waals surface area (Å²) in [5.41, 5.74) is 0.866. The minimum Gasteiger partial charge on any atom is -0.444 e. The number of halogens is 1. The van der Waals surface area contributed by atoms with E-state index in [0.29, 0.717) is 11.1 Å². The molecule has 0 heterocycles. The molecular weight excluding hydrogens is 323 g/mol. The van der Waals surface area contributed by atoms with Gasteiger partial charge in [0, 0.05) is 11.6 Å². The van der Waals surface area contributed by atoms with Crippen LogP contribution in [0.5, 0.6) is 0 Å². The minimum atomic E-state index is -1.18. The zero-order valence-electron chi connectivity index (χ0n) is 13.2. The van der Waals surface area contributed by atoms with Gasteiger partial charge in [0.05, 0.1) is 17.2 Å². The van der Waals surface area contributed by atoms with Gasteiger partial charge in [-0.25, -0.2) is 9.18 Å². The highest BCUT2D eigenvalue weighted by Crippen LogP contribution is 2.24. The fourth-order valence-electron chi connectivity index (χ4n) is 2.31. The summed E-state index contributed by atoms with van der Waals surface area (Å²) in [4.78, 5) is 24.8. The SMILES string of the molecule is N#Cc1cccc(C(=O)OC(C(=O)NC2CC2)c2ccc(F)cc2)c1. The molecule has 1 amide bonds. The second kappa shape index (κ2) is 7.14. The molecule has 0 saturated heterocycles. The summed E-state index contributed by atoms with van der Waals surface area (Å²) in [7, 11) is 0. The molecule has 126 valence electrons. The highest BCUT2D eigenvalue weighted by Gasteiger charge is 2.31. The van der Waals surface area contributed by atoms with Crippen molar-refractivity contribution in [2.45, 2.75) is 25.0 Å². The molecule has 1 fully saturated rings. The maximum Gasteiger partial charge on any atom is 0.339 e. The van der Waals surface area contributed by atoms with E-state index in [-0.39, 0.29) is 11.6 Å². The summed E-state index contributed by atoms with van der Waals surface area (Å²) in [5.74, 6) is -1.62. The van der Waals surface area contributed by atoms with Gasteiger partial charge in [-0.1, -0.05) is 18.2 Å². The van der Waals surface area contributed by atoms with Gasteiger partial charge < -0.3 is 10.1 Å². The third-order valence-corrected chi connectivity index (χ3v) is 3.79. The molecule has 6 heteroatoms. The Morgan fingerprint density at radius 1 is 1.20 bits per heavy atom. The minimum absolute atomic E-state index is 0.0936. The average molecular weight is 338 g/mol. The van der Waals surface area contributed by atoms with Gasteiger partial charge >= 0.3 is 5.97 Å². The zero-order valence-corrected chi connectivity index (χ0v) is 13.2. The Labute approximate surface area is 144 Å². The van der Waals surface area contributed by atoms with E-state index in [0.717, 1.165) is 12.8 Å². The number of rotatable bonds is 5. The third kappa shape index (κ3) is 4.21. The van der Waals surface area contributed by atoms with Gasteiger partial charge in [-0.05, 0) is 43.2 Å². The lowest BCUT2D eigenvalue weighted by Gasteiger charge is -2.18. The van der Waals surface area contributed by atoms with Crippen molar-refractivity contribution in [1.29, 1.82) is 5.26 Å². The summed E-state index contributed by atoms with van der Waals surface area (Å²) in [6, 6.07) is 13.3. The van der Waals surface area contributed by atoms with E-state index in [9.17, 15) is 14.0 Å². The van der Waals surface area contributed by atoms with Gasteiger partial charge in [-0.3, -0.25) is 4.79 Å². The molecule has 1 N–H and O–H groups in total. The topological polar surface area (TPSA) is 79.2 Å². The van der Waals surface area contributed by atoms with Crippen molar-refractivity contribution in [3.05, 3.63) is 71.0 Å². The molecule has 0 aromatic heterocycles. The van der Waals surface area contributed by atoms with Gasteiger partial charge in [-0.2, -0.15) is 5.26 Å². The van der Waals surface area contributed by atoms with E-state index in [1.807, 2.05) is 6.07 Å². The number of carbonyl (C=O) groups is 2. The normalized spacial score (nSPS) is 14.2. The number of ether oxygens (including phenoxy) is 1. The number of hydrogen-bond acceptors (Lipinski definition) is 4. The van der Waals surface area contributed by atoms with Gasteiger partial charge in [-0.15, -0.1) is 0 Å². The van der Waals surface area contributed by atoms with E-state index >= 15 is 0 Å². The molecule has 0 aliphatic heterocycles. The number of carbonyl (C=O) groups excluding carboxylic acids is 2. The Kier molecular flexibility index (Phi) is 4.75. The highest BCUT2D eigenvalue weighted by atomic mass is 19.1. The number of benzene rings is 2. The summed E-state index contributed by atoms with van der Waals surface area (Å²) in [5, 5.41) is 11.7. The molecule has 1 aliphatic carbocycles. The lowest BCUT2D eigenvalue weighted by molar-refractivity contribution is -0.130. The summed E-state index contributed by atoms with van der Waals surface area (Å²) in [6.45, 7) is 0. The fraction of sp³-hybridized carbons (Fsp3) is 0.211. The van der Waals surface area contributed by atoms with Gasteiger partial charge in [0.1, 0.15) is 5.82 Å². The van der Waals surface area contributed by atoms with Crippen LogP contribution in [-0.4, -0.2) is 17.9 Å². The Bertz CT molecular complexity index is 838. The van der Waals surface area contributed by atoms with E-state index in [4.69, 9.17) is 10.00 Å². The van der Waals surface area contributed by atoms with Gasteiger partial charge in [0.2, 0.25) is 6.10 Å². The molecule has 2 aromatic carbocycles. The maximum absolute atomic E-state index is 13.1. The summed E-state index contributed by atoms with van der Waals surface area (Å²) < 4.78 is 18.5. The van der Waals surface area contributed by atoms with Crippen molar-refractivity contribution in [3.63, 3.8) is 0 Å². The number of nitrogens with zero attached hydrogens (tertiary/aromatic N) is 1. The lowest BCUT2D eigenvalue weighted by Crippen LogP contribution is -2.33. The average Bonchev–Trinajstić information content (AvgIpc) is 3.44. The highest BCUT2D eigenvalue weighted by molar-refractivity contribution is 5.93. The molecule has 5 nitrogen and oxygen atoms in total. The molecule has 0 radical (unpaired) electrons.